The van der Waals surface area contributed by atoms with Crippen LogP contribution >= 0.6 is 0 Å². The van der Waals surface area contributed by atoms with E-state index in [2.05, 4.69) is 10.6 Å². The van der Waals surface area contributed by atoms with Crippen LogP contribution in [0.1, 0.15) is 39.0 Å². The average molecular weight is 376 g/mol. The van der Waals surface area contributed by atoms with Crippen LogP contribution < -0.4 is 22.1 Å². The Kier molecular flexibility index (Phi) is 11.1. The van der Waals surface area contributed by atoms with E-state index in [9.17, 15) is 24.3 Å². The molecule has 0 aliphatic rings. The van der Waals surface area contributed by atoms with Gasteiger partial charge in [-0.05, 0) is 39.2 Å². The SMILES string of the molecule is CC(O)C(NC(=O)C(N)CCC(=O)O)C(=O)NC(CCCCN)C(=O)O. The topological polar surface area (TPSA) is 205 Å². The molecule has 11 heteroatoms. The molecule has 0 heterocycles. The van der Waals surface area contributed by atoms with Gasteiger partial charge in [0.05, 0.1) is 12.1 Å². The van der Waals surface area contributed by atoms with Gasteiger partial charge in [-0.2, -0.15) is 0 Å². The molecule has 0 aliphatic heterocycles. The summed E-state index contributed by atoms with van der Waals surface area (Å²) in [5, 5.41) is 32.0. The fourth-order valence-corrected chi connectivity index (χ4v) is 2.09. The predicted octanol–water partition coefficient (Wildman–Crippen LogP) is -2.26. The first-order valence-electron chi connectivity index (χ1n) is 8.29. The minimum atomic E-state index is -1.42. The van der Waals surface area contributed by atoms with Crippen LogP contribution in [0.3, 0.4) is 0 Å². The minimum Gasteiger partial charge on any atom is -0.481 e. The third-order valence-corrected chi connectivity index (χ3v) is 3.63. The molecule has 0 spiro atoms. The zero-order valence-corrected chi connectivity index (χ0v) is 14.7. The van der Waals surface area contributed by atoms with E-state index in [0.717, 1.165) is 0 Å². The van der Waals surface area contributed by atoms with E-state index in [1.165, 1.54) is 6.92 Å². The number of aliphatic carboxylic acids is 2. The number of rotatable bonds is 13. The molecule has 0 bridgehead atoms. The number of carbonyl (C=O) groups is 4. The van der Waals surface area contributed by atoms with Crippen LogP contribution in [0.15, 0.2) is 0 Å². The maximum atomic E-state index is 12.2. The van der Waals surface area contributed by atoms with E-state index in [1.807, 2.05) is 0 Å². The highest BCUT2D eigenvalue weighted by atomic mass is 16.4. The second-order valence-electron chi connectivity index (χ2n) is 5.95. The van der Waals surface area contributed by atoms with E-state index in [-0.39, 0.29) is 19.3 Å². The van der Waals surface area contributed by atoms with Gasteiger partial charge in [-0.15, -0.1) is 0 Å². The molecule has 0 saturated carbocycles. The molecule has 4 unspecified atom stereocenters. The summed E-state index contributed by atoms with van der Waals surface area (Å²) in [6, 6.07) is -3.79. The van der Waals surface area contributed by atoms with Crippen LogP contribution in [0, 0.1) is 0 Å². The minimum absolute atomic E-state index is 0.147. The monoisotopic (exact) mass is 376 g/mol. The Morgan fingerprint density at radius 2 is 1.62 bits per heavy atom. The molecule has 4 atom stereocenters. The largest absolute Gasteiger partial charge is 0.481 e. The first-order chi connectivity index (χ1) is 12.1. The molecule has 2 amide bonds. The highest BCUT2D eigenvalue weighted by Gasteiger charge is 2.30. The smallest absolute Gasteiger partial charge is 0.326 e. The number of unbranched alkanes of at least 4 members (excludes halogenated alkanes) is 1. The van der Waals surface area contributed by atoms with Crippen LogP contribution in [0.4, 0.5) is 0 Å². The molecule has 150 valence electrons. The summed E-state index contributed by atoms with van der Waals surface area (Å²) in [5.74, 6) is -4.06. The molecular formula is C15H28N4O7. The van der Waals surface area contributed by atoms with Crippen molar-refractivity contribution in [2.75, 3.05) is 6.54 Å². The Balaban J connectivity index is 4.84. The van der Waals surface area contributed by atoms with Gasteiger partial charge in [-0.25, -0.2) is 4.79 Å². The standard InChI is InChI=1S/C15H28N4O7/c1-8(20)12(19-13(23)9(17)5-6-11(21)22)14(24)18-10(15(25)26)4-2-3-7-16/h8-10,12,20H,2-7,16-17H2,1H3,(H,18,24)(H,19,23)(H,21,22)(H,25,26). The first-order valence-corrected chi connectivity index (χ1v) is 8.29. The van der Waals surface area contributed by atoms with Gasteiger partial charge in [0.25, 0.3) is 0 Å². The highest BCUT2D eigenvalue weighted by molar-refractivity contribution is 5.92. The molecule has 11 nitrogen and oxygen atoms in total. The molecule has 9 N–H and O–H groups in total. The van der Waals surface area contributed by atoms with Crippen LogP contribution in [0.5, 0.6) is 0 Å². The fourth-order valence-electron chi connectivity index (χ4n) is 2.09. The maximum Gasteiger partial charge on any atom is 0.326 e. The number of amides is 2. The van der Waals surface area contributed by atoms with Crippen LogP contribution in [-0.2, 0) is 19.2 Å². The Hall–Kier alpha value is -2.24. The Labute approximate surface area is 151 Å². The molecule has 0 aromatic heterocycles. The van der Waals surface area contributed by atoms with E-state index in [1.54, 1.807) is 0 Å². The lowest BCUT2D eigenvalue weighted by atomic mass is 10.1. The molecule has 0 aromatic rings. The number of nitrogens with one attached hydrogen (secondary N) is 2. The lowest BCUT2D eigenvalue weighted by molar-refractivity contribution is -0.143. The molecule has 26 heavy (non-hydrogen) atoms. The average Bonchev–Trinajstić information content (AvgIpc) is 2.55. The predicted molar refractivity (Wildman–Crippen MR) is 90.9 cm³/mol. The summed E-state index contributed by atoms with van der Waals surface area (Å²) in [5.41, 5.74) is 10.9. The number of aliphatic hydroxyl groups excluding tert-OH is 1. The molecule has 0 aliphatic carbocycles. The van der Waals surface area contributed by atoms with E-state index < -0.39 is 48.0 Å². The van der Waals surface area contributed by atoms with Crippen molar-refractivity contribution in [1.82, 2.24) is 10.6 Å². The van der Waals surface area contributed by atoms with Gasteiger partial charge in [0.15, 0.2) is 0 Å². The van der Waals surface area contributed by atoms with Gasteiger partial charge in [0.2, 0.25) is 11.8 Å². The van der Waals surface area contributed by atoms with E-state index >= 15 is 0 Å². The van der Waals surface area contributed by atoms with Crippen molar-refractivity contribution in [3.05, 3.63) is 0 Å². The second-order valence-corrected chi connectivity index (χ2v) is 5.95. The van der Waals surface area contributed by atoms with Crippen LogP contribution in [-0.4, -0.2) is 69.8 Å². The van der Waals surface area contributed by atoms with Gasteiger partial charge < -0.3 is 37.4 Å². The number of hydrogen-bond donors (Lipinski definition) is 7. The number of hydrogen-bond acceptors (Lipinski definition) is 7. The summed E-state index contributed by atoms with van der Waals surface area (Å²) in [6.45, 7) is 1.64. The summed E-state index contributed by atoms with van der Waals surface area (Å²) in [4.78, 5) is 45.9. The first kappa shape index (κ1) is 23.8. The molecule has 0 rings (SSSR count). The third-order valence-electron chi connectivity index (χ3n) is 3.63. The van der Waals surface area contributed by atoms with Gasteiger partial charge in [0, 0.05) is 6.42 Å². The van der Waals surface area contributed by atoms with Crippen molar-refractivity contribution in [2.45, 2.75) is 63.3 Å². The van der Waals surface area contributed by atoms with Crippen LogP contribution in [0.25, 0.3) is 0 Å². The number of aliphatic hydroxyl groups is 1. The molecule has 0 radical (unpaired) electrons. The molecule has 0 aromatic carbocycles. The Morgan fingerprint density at radius 3 is 2.08 bits per heavy atom. The van der Waals surface area contributed by atoms with Gasteiger partial charge in [-0.1, -0.05) is 0 Å². The van der Waals surface area contributed by atoms with Crippen molar-refractivity contribution in [3.8, 4) is 0 Å². The summed E-state index contributed by atoms with van der Waals surface area (Å²) >= 11 is 0. The number of carboxylic acid groups (broad SMARTS) is 2. The molecule has 0 fully saturated rings. The summed E-state index contributed by atoms with van der Waals surface area (Å²) < 4.78 is 0. The third kappa shape index (κ3) is 9.30. The van der Waals surface area contributed by atoms with Gasteiger partial charge >= 0.3 is 11.9 Å². The van der Waals surface area contributed by atoms with Crippen molar-refractivity contribution in [2.24, 2.45) is 11.5 Å². The Bertz CT molecular complexity index is 498. The second kappa shape index (κ2) is 12.2. The zero-order chi connectivity index (χ0) is 20.3. The van der Waals surface area contributed by atoms with E-state index in [4.69, 9.17) is 21.7 Å². The molecule has 0 saturated heterocycles. The van der Waals surface area contributed by atoms with Crippen molar-refractivity contribution < 1.29 is 34.5 Å². The van der Waals surface area contributed by atoms with Gasteiger partial charge in [-0.3, -0.25) is 14.4 Å². The van der Waals surface area contributed by atoms with Crippen LogP contribution in [0.2, 0.25) is 0 Å². The summed E-state index contributed by atoms with van der Waals surface area (Å²) in [6.07, 6.45) is -0.566. The highest BCUT2D eigenvalue weighted by Crippen LogP contribution is 2.04. The van der Waals surface area contributed by atoms with Crippen molar-refractivity contribution >= 4 is 23.8 Å². The van der Waals surface area contributed by atoms with Gasteiger partial charge in [0.1, 0.15) is 12.1 Å². The number of nitrogens with two attached hydrogens (primary N) is 2. The lowest BCUT2D eigenvalue weighted by Gasteiger charge is -2.24. The number of carbonyl (C=O) groups excluding carboxylic acids is 2. The zero-order valence-electron chi connectivity index (χ0n) is 14.7. The quantitative estimate of drug-likeness (QED) is 0.173. The van der Waals surface area contributed by atoms with E-state index in [0.29, 0.717) is 19.4 Å². The summed E-state index contributed by atoms with van der Waals surface area (Å²) in [7, 11) is 0. The maximum absolute atomic E-state index is 12.2. The fraction of sp³-hybridized carbons (Fsp3) is 0.733. The number of carboxylic acids is 2. The van der Waals surface area contributed by atoms with Crippen molar-refractivity contribution in [3.63, 3.8) is 0 Å². The normalized spacial score (nSPS) is 15.4. The molecular weight excluding hydrogens is 348 g/mol. The Morgan fingerprint density at radius 1 is 1.00 bits per heavy atom. The lowest BCUT2D eigenvalue weighted by Crippen LogP contribution is -2.58. The van der Waals surface area contributed by atoms with Crippen molar-refractivity contribution in [1.29, 1.82) is 0 Å².